The second kappa shape index (κ2) is 9.36. The summed E-state index contributed by atoms with van der Waals surface area (Å²) in [6.45, 7) is 3.92. The average Bonchev–Trinajstić information content (AvgIpc) is 3.08. The van der Waals surface area contributed by atoms with Gasteiger partial charge in [-0.2, -0.15) is 0 Å². The largest absolute Gasteiger partial charge is 0.493 e. The first kappa shape index (κ1) is 20.7. The minimum atomic E-state index is -0.250. The Morgan fingerprint density at radius 2 is 1.93 bits per heavy atom. The van der Waals surface area contributed by atoms with Gasteiger partial charge in [-0.15, -0.1) is 0 Å². The lowest BCUT2D eigenvalue weighted by molar-refractivity contribution is -0.122. The Morgan fingerprint density at radius 3 is 2.54 bits per heavy atom. The molecule has 0 unspecified atom stereocenters. The van der Waals surface area contributed by atoms with Crippen molar-refractivity contribution in [2.24, 2.45) is 0 Å². The van der Waals surface area contributed by atoms with Crippen LogP contribution in [0.25, 0.3) is 11.4 Å². The maximum atomic E-state index is 11.7. The van der Waals surface area contributed by atoms with E-state index in [0.29, 0.717) is 29.6 Å². The maximum Gasteiger partial charge on any atom is 0.290 e. The highest BCUT2D eigenvalue weighted by molar-refractivity contribution is 5.70. The van der Waals surface area contributed by atoms with Crippen molar-refractivity contribution >= 4 is 6.47 Å². The van der Waals surface area contributed by atoms with Crippen molar-refractivity contribution in [3.05, 3.63) is 58.0 Å². The van der Waals surface area contributed by atoms with Gasteiger partial charge in [-0.3, -0.25) is 9.59 Å². The van der Waals surface area contributed by atoms with Crippen molar-refractivity contribution in [3.63, 3.8) is 0 Å². The first-order valence-corrected chi connectivity index (χ1v) is 8.32. The Kier molecular flexibility index (Phi) is 6.91. The minimum Gasteiger partial charge on any atom is -0.493 e. The molecule has 0 amide bonds. The highest BCUT2D eigenvalue weighted by Crippen LogP contribution is 2.38. The van der Waals surface area contributed by atoms with Crippen LogP contribution in [0.4, 0.5) is 0 Å². The molecule has 148 valence electrons. The second-order valence-electron chi connectivity index (χ2n) is 5.85. The number of rotatable bonds is 5. The highest BCUT2D eigenvalue weighted by Gasteiger charge is 2.17. The molecular weight excluding hydrogens is 364 g/mol. The van der Waals surface area contributed by atoms with Gasteiger partial charge in [0.25, 0.3) is 12.0 Å². The zero-order chi connectivity index (χ0) is 20.7. The van der Waals surface area contributed by atoms with Crippen LogP contribution in [0.2, 0.25) is 0 Å². The lowest BCUT2D eigenvalue weighted by atomic mass is 10.1. The normalized spacial score (nSPS) is 10.0. The van der Waals surface area contributed by atoms with Crippen molar-refractivity contribution in [1.82, 2.24) is 19.5 Å². The number of nitrogens with one attached hydrogen (secondary N) is 1. The van der Waals surface area contributed by atoms with E-state index in [1.165, 1.54) is 6.07 Å². The van der Waals surface area contributed by atoms with Gasteiger partial charge in [0.2, 0.25) is 0 Å². The number of aromatic amines is 1. The van der Waals surface area contributed by atoms with Crippen LogP contribution in [0, 0.1) is 13.8 Å². The van der Waals surface area contributed by atoms with Gasteiger partial charge in [-0.05, 0) is 31.5 Å². The maximum absolute atomic E-state index is 11.7. The zero-order valence-corrected chi connectivity index (χ0v) is 16.1. The predicted molar refractivity (Wildman–Crippen MR) is 103 cm³/mol. The Hall–Kier alpha value is -3.62. The molecule has 3 aromatic rings. The Labute approximate surface area is 161 Å². The molecular formula is C19H22N4O5. The Morgan fingerprint density at radius 1 is 1.21 bits per heavy atom. The summed E-state index contributed by atoms with van der Waals surface area (Å²) in [6, 6.07) is 5.40. The van der Waals surface area contributed by atoms with Crippen molar-refractivity contribution in [1.29, 1.82) is 0 Å². The van der Waals surface area contributed by atoms with E-state index in [-0.39, 0.29) is 12.0 Å². The van der Waals surface area contributed by atoms with Gasteiger partial charge < -0.3 is 24.1 Å². The van der Waals surface area contributed by atoms with E-state index in [4.69, 9.17) is 19.4 Å². The van der Waals surface area contributed by atoms with Crippen LogP contribution < -0.4 is 15.0 Å². The number of carbonyl (C=O) groups is 1. The number of aromatic nitrogens is 4. The molecule has 0 spiro atoms. The standard InChI is InChI=1S/C18H20N4O3.CH2O2/c1-11-7-14(17(25-4)15(8-11)24-3)18-19-5-6-22(18)10-13-9-16(23)21-12(2)20-13;2-1-3/h5-9H,10H2,1-4H3,(H,20,21,23);1H,(H,2,3). The van der Waals surface area contributed by atoms with E-state index in [1.807, 2.05) is 29.8 Å². The zero-order valence-electron chi connectivity index (χ0n) is 16.1. The number of aryl methyl sites for hydroxylation is 2. The van der Waals surface area contributed by atoms with E-state index in [9.17, 15) is 4.79 Å². The van der Waals surface area contributed by atoms with E-state index in [0.717, 1.165) is 17.0 Å². The molecule has 2 heterocycles. The number of H-pyrrole nitrogens is 1. The molecule has 0 saturated heterocycles. The van der Waals surface area contributed by atoms with Gasteiger partial charge in [0, 0.05) is 18.5 Å². The average molecular weight is 386 g/mol. The summed E-state index contributed by atoms with van der Waals surface area (Å²) in [5, 5.41) is 6.89. The molecule has 0 aliphatic carbocycles. The summed E-state index contributed by atoms with van der Waals surface area (Å²) in [5.74, 6) is 2.57. The molecule has 9 nitrogen and oxygen atoms in total. The van der Waals surface area contributed by atoms with Gasteiger partial charge in [-0.25, -0.2) is 9.97 Å². The highest BCUT2D eigenvalue weighted by atomic mass is 16.5. The van der Waals surface area contributed by atoms with Crippen LogP contribution >= 0.6 is 0 Å². The topological polar surface area (TPSA) is 119 Å². The van der Waals surface area contributed by atoms with Gasteiger partial charge in [0.1, 0.15) is 11.6 Å². The molecule has 3 rings (SSSR count). The first-order valence-electron chi connectivity index (χ1n) is 8.32. The number of imidazole rings is 1. The predicted octanol–water partition coefficient (Wildman–Crippen LogP) is 2.02. The van der Waals surface area contributed by atoms with Crippen LogP contribution in [-0.4, -0.2) is 45.3 Å². The molecule has 0 bridgehead atoms. The Balaban J connectivity index is 0.000000878. The molecule has 0 radical (unpaired) electrons. The quantitative estimate of drug-likeness (QED) is 0.644. The van der Waals surface area contributed by atoms with Crippen molar-refractivity contribution in [2.75, 3.05) is 14.2 Å². The Bertz CT molecular complexity index is 1010. The third kappa shape index (κ3) is 4.76. The fourth-order valence-corrected chi connectivity index (χ4v) is 2.85. The van der Waals surface area contributed by atoms with Gasteiger partial charge in [0.05, 0.1) is 32.0 Å². The smallest absolute Gasteiger partial charge is 0.290 e. The van der Waals surface area contributed by atoms with E-state index >= 15 is 0 Å². The first-order chi connectivity index (χ1) is 13.4. The molecule has 2 N–H and O–H groups in total. The number of methoxy groups -OCH3 is 2. The van der Waals surface area contributed by atoms with E-state index in [1.54, 1.807) is 27.3 Å². The van der Waals surface area contributed by atoms with Crippen molar-refractivity contribution in [3.8, 4) is 22.9 Å². The van der Waals surface area contributed by atoms with Gasteiger partial charge in [0.15, 0.2) is 11.5 Å². The SMILES string of the molecule is COc1cc(C)cc(-c2nccn2Cc2cc(=O)[nH]c(C)n2)c1OC.O=CO. The summed E-state index contributed by atoms with van der Waals surface area (Å²) < 4.78 is 12.9. The van der Waals surface area contributed by atoms with Crippen LogP contribution in [0.15, 0.2) is 35.4 Å². The summed E-state index contributed by atoms with van der Waals surface area (Å²) in [7, 11) is 3.21. The molecule has 0 aliphatic rings. The van der Waals surface area contributed by atoms with Crippen molar-refractivity contribution in [2.45, 2.75) is 20.4 Å². The van der Waals surface area contributed by atoms with Gasteiger partial charge in [-0.1, -0.05) is 0 Å². The summed E-state index contributed by atoms with van der Waals surface area (Å²) in [5.41, 5.74) is 2.36. The molecule has 0 fully saturated rings. The molecule has 28 heavy (non-hydrogen) atoms. The number of hydrogen-bond acceptors (Lipinski definition) is 6. The number of nitrogens with zero attached hydrogens (tertiary/aromatic N) is 3. The van der Waals surface area contributed by atoms with E-state index < -0.39 is 0 Å². The molecule has 9 heteroatoms. The molecule has 0 saturated carbocycles. The fraction of sp³-hybridized carbons (Fsp3) is 0.263. The third-order valence-electron chi connectivity index (χ3n) is 3.83. The lowest BCUT2D eigenvalue weighted by Gasteiger charge is -2.15. The molecule has 0 aliphatic heterocycles. The molecule has 1 aromatic carbocycles. The second-order valence-corrected chi connectivity index (χ2v) is 5.85. The lowest BCUT2D eigenvalue weighted by Crippen LogP contribution is -2.13. The van der Waals surface area contributed by atoms with Crippen LogP contribution in [-0.2, 0) is 11.3 Å². The summed E-state index contributed by atoms with van der Waals surface area (Å²) in [6.07, 6.45) is 3.56. The number of hydrogen-bond donors (Lipinski definition) is 2. The number of carboxylic acid groups (broad SMARTS) is 1. The summed E-state index contributed by atoms with van der Waals surface area (Å²) >= 11 is 0. The van der Waals surface area contributed by atoms with Crippen LogP contribution in [0.3, 0.4) is 0 Å². The minimum absolute atomic E-state index is 0.168. The monoisotopic (exact) mass is 386 g/mol. The van der Waals surface area contributed by atoms with Crippen LogP contribution in [0.1, 0.15) is 17.1 Å². The van der Waals surface area contributed by atoms with Gasteiger partial charge >= 0.3 is 0 Å². The van der Waals surface area contributed by atoms with E-state index in [2.05, 4.69) is 15.0 Å². The number of benzene rings is 1. The van der Waals surface area contributed by atoms with Crippen LogP contribution in [0.5, 0.6) is 11.5 Å². The molecule has 2 aromatic heterocycles. The third-order valence-corrected chi connectivity index (χ3v) is 3.83. The number of ether oxygens (including phenoxy) is 2. The molecule has 0 atom stereocenters. The fourth-order valence-electron chi connectivity index (χ4n) is 2.85. The van der Waals surface area contributed by atoms with Crippen molar-refractivity contribution < 1.29 is 19.4 Å². The summed E-state index contributed by atoms with van der Waals surface area (Å²) in [4.78, 5) is 31.5.